The zero-order valence-electron chi connectivity index (χ0n) is 10.1. The van der Waals surface area contributed by atoms with Crippen LogP contribution < -0.4 is 0 Å². The molecule has 1 aromatic rings. The highest BCUT2D eigenvalue weighted by Gasteiger charge is 2.12. The molecule has 0 spiro atoms. The molecule has 0 saturated heterocycles. The van der Waals surface area contributed by atoms with E-state index in [0.717, 1.165) is 17.5 Å². The Kier molecular flexibility index (Phi) is 4.05. The van der Waals surface area contributed by atoms with Crippen molar-refractivity contribution in [2.75, 3.05) is 0 Å². The number of benzene rings is 1. The van der Waals surface area contributed by atoms with E-state index in [4.69, 9.17) is 0 Å². The summed E-state index contributed by atoms with van der Waals surface area (Å²) in [7, 11) is 0. The Labute approximate surface area is 96.6 Å². The van der Waals surface area contributed by atoms with E-state index in [1.807, 2.05) is 13.0 Å². The smallest absolute Gasteiger partial charge is 0.258 e. The van der Waals surface area contributed by atoms with Crippen LogP contribution in [0.4, 0.5) is 5.69 Å². The maximum absolute atomic E-state index is 10.8. The van der Waals surface area contributed by atoms with Crippen LogP contribution in [-0.4, -0.2) is 4.92 Å². The van der Waals surface area contributed by atoms with Crippen LogP contribution in [0.3, 0.4) is 0 Å². The molecule has 0 aliphatic carbocycles. The fourth-order valence-corrected chi connectivity index (χ4v) is 1.68. The van der Waals surface area contributed by atoms with E-state index in [9.17, 15) is 10.1 Å². The highest BCUT2D eigenvalue weighted by atomic mass is 16.6. The molecule has 87 valence electrons. The largest absolute Gasteiger partial charge is 0.269 e. The number of hydrogen-bond acceptors (Lipinski definition) is 2. The lowest BCUT2D eigenvalue weighted by Gasteiger charge is -2.10. The summed E-state index contributed by atoms with van der Waals surface area (Å²) in [6.07, 6.45) is 0.862. The maximum Gasteiger partial charge on any atom is 0.269 e. The van der Waals surface area contributed by atoms with Crippen molar-refractivity contribution >= 4 is 5.69 Å². The van der Waals surface area contributed by atoms with Crippen LogP contribution in [0, 0.1) is 23.0 Å². The van der Waals surface area contributed by atoms with Gasteiger partial charge in [0.1, 0.15) is 0 Å². The minimum atomic E-state index is -0.338. The molecule has 3 nitrogen and oxygen atoms in total. The van der Waals surface area contributed by atoms with Gasteiger partial charge in [-0.3, -0.25) is 10.1 Å². The second kappa shape index (κ2) is 5.10. The molecular formula is C13H18NO2. The molecular weight excluding hydrogens is 202 g/mol. The molecule has 0 saturated carbocycles. The monoisotopic (exact) mass is 220 g/mol. The van der Waals surface area contributed by atoms with Gasteiger partial charge < -0.3 is 0 Å². The number of nitrogens with zero attached hydrogens (tertiary/aromatic N) is 1. The number of nitro groups is 1. The Hall–Kier alpha value is -1.38. The molecule has 1 rings (SSSR count). The first-order chi connectivity index (χ1) is 7.40. The zero-order valence-corrected chi connectivity index (χ0v) is 10.1. The van der Waals surface area contributed by atoms with Gasteiger partial charge >= 0.3 is 0 Å². The summed E-state index contributed by atoms with van der Waals surface area (Å²) in [4.78, 5) is 10.5. The van der Waals surface area contributed by atoms with Crippen molar-refractivity contribution in [2.45, 2.75) is 33.1 Å². The van der Waals surface area contributed by atoms with E-state index in [-0.39, 0.29) is 16.5 Å². The quantitative estimate of drug-likeness (QED) is 0.573. The Bertz CT molecular complexity index is 384. The minimum absolute atomic E-state index is 0.0748. The van der Waals surface area contributed by atoms with Gasteiger partial charge in [-0.05, 0) is 36.3 Å². The summed E-state index contributed by atoms with van der Waals surface area (Å²) in [6, 6.07) is 5.29. The lowest BCUT2D eigenvalue weighted by molar-refractivity contribution is -0.385. The van der Waals surface area contributed by atoms with Gasteiger partial charge in [0.25, 0.3) is 5.69 Å². The Morgan fingerprint density at radius 3 is 2.38 bits per heavy atom. The number of non-ortho nitro benzene ring substituents is 1. The number of hydrogen-bond donors (Lipinski definition) is 0. The molecule has 0 N–H and O–H groups in total. The molecule has 1 unspecified atom stereocenters. The summed E-state index contributed by atoms with van der Waals surface area (Å²) in [5, 5.41) is 10.8. The fraction of sp³-hybridized carbons (Fsp3) is 0.462. The predicted octanol–water partition coefficient (Wildman–Crippen LogP) is 3.73. The average Bonchev–Trinajstić information content (AvgIpc) is 2.15. The lowest BCUT2D eigenvalue weighted by Crippen LogP contribution is -1.99. The topological polar surface area (TPSA) is 43.1 Å². The molecule has 1 atom stereocenters. The van der Waals surface area contributed by atoms with Crippen molar-refractivity contribution in [3.8, 4) is 0 Å². The minimum Gasteiger partial charge on any atom is -0.258 e. The normalized spacial score (nSPS) is 11.1. The van der Waals surface area contributed by atoms with Gasteiger partial charge in [-0.1, -0.05) is 26.8 Å². The van der Waals surface area contributed by atoms with E-state index in [1.165, 1.54) is 0 Å². The summed E-state index contributed by atoms with van der Waals surface area (Å²) in [6.45, 7) is 10.1. The maximum atomic E-state index is 10.8. The van der Waals surface area contributed by atoms with Gasteiger partial charge in [0, 0.05) is 12.1 Å². The summed E-state index contributed by atoms with van der Waals surface area (Å²) in [5.74, 6) is 0.570. The average molecular weight is 220 g/mol. The lowest BCUT2D eigenvalue weighted by atomic mass is 9.96. The van der Waals surface area contributed by atoms with Gasteiger partial charge in [0.2, 0.25) is 0 Å². The summed E-state index contributed by atoms with van der Waals surface area (Å²) >= 11 is 0. The van der Waals surface area contributed by atoms with Crippen molar-refractivity contribution in [1.29, 1.82) is 0 Å². The predicted molar refractivity (Wildman–Crippen MR) is 65.4 cm³/mol. The van der Waals surface area contributed by atoms with E-state index in [1.54, 1.807) is 12.1 Å². The number of rotatable bonds is 4. The van der Waals surface area contributed by atoms with Gasteiger partial charge in [-0.15, -0.1) is 0 Å². The van der Waals surface area contributed by atoms with Crippen LogP contribution >= 0.6 is 0 Å². The SMILES string of the molecule is [CH2]C(C)c1cc(CC(C)C)cc([N+](=O)[O-])c1. The highest BCUT2D eigenvalue weighted by Crippen LogP contribution is 2.24. The molecule has 0 fully saturated rings. The van der Waals surface area contributed by atoms with Crippen LogP contribution in [0.15, 0.2) is 18.2 Å². The molecule has 0 aliphatic heterocycles. The fourth-order valence-electron chi connectivity index (χ4n) is 1.68. The third-order valence-corrected chi connectivity index (χ3v) is 2.42. The standard InChI is InChI=1S/C13H18NO2/c1-9(2)5-11-6-12(10(3)4)8-13(7-11)14(15)16/h6-10H,3,5H2,1-2,4H3. The van der Waals surface area contributed by atoms with Crippen molar-refractivity contribution in [2.24, 2.45) is 5.92 Å². The Balaban J connectivity index is 3.13. The van der Waals surface area contributed by atoms with Crippen LogP contribution in [0.25, 0.3) is 0 Å². The van der Waals surface area contributed by atoms with Crippen molar-refractivity contribution < 1.29 is 4.92 Å². The molecule has 3 heteroatoms. The van der Waals surface area contributed by atoms with E-state index < -0.39 is 0 Å². The van der Waals surface area contributed by atoms with Crippen LogP contribution in [-0.2, 0) is 6.42 Å². The summed E-state index contributed by atoms with van der Waals surface area (Å²) < 4.78 is 0. The van der Waals surface area contributed by atoms with Gasteiger partial charge in [-0.2, -0.15) is 0 Å². The molecule has 0 amide bonds. The van der Waals surface area contributed by atoms with E-state index in [0.29, 0.717) is 5.92 Å². The Morgan fingerprint density at radius 2 is 1.94 bits per heavy atom. The molecule has 0 heterocycles. The second-order valence-electron chi connectivity index (χ2n) is 4.69. The summed E-state index contributed by atoms with van der Waals surface area (Å²) in [5.41, 5.74) is 2.13. The van der Waals surface area contributed by atoms with Gasteiger partial charge in [-0.25, -0.2) is 0 Å². The highest BCUT2D eigenvalue weighted by molar-refractivity contribution is 5.41. The van der Waals surface area contributed by atoms with Crippen LogP contribution in [0.5, 0.6) is 0 Å². The third-order valence-electron chi connectivity index (χ3n) is 2.42. The Morgan fingerprint density at radius 1 is 1.31 bits per heavy atom. The molecule has 0 bridgehead atoms. The first-order valence-corrected chi connectivity index (χ1v) is 5.51. The molecule has 0 aliphatic rings. The van der Waals surface area contributed by atoms with Gasteiger partial charge in [0.15, 0.2) is 0 Å². The van der Waals surface area contributed by atoms with Crippen molar-refractivity contribution in [1.82, 2.24) is 0 Å². The number of nitro benzene ring substituents is 1. The first kappa shape index (κ1) is 12.7. The second-order valence-corrected chi connectivity index (χ2v) is 4.69. The van der Waals surface area contributed by atoms with Crippen molar-refractivity contribution in [3.63, 3.8) is 0 Å². The molecule has 1 radical (unpaired) electrons. The third kappa shape index (κ3) is 3.33. The van der Waals surface area contributed by atoms with Crippen molar-refractivity contribution in [3.05, 3.63) is 46.4 Å². The van der Waals surface area contributed by atoms with Crippen LogP contribution in [0.2, 0.25) is 0 Å². The van der Waals surface area contributed by atoms with E-state index in [2.05, 4.69) is 20.8 Å². The first-order valence-electron chi connectivity index (χ1n) is 5.51. The van der Waals surface area contributed by atoms with Crippen LogP contribution in [0.1, 0.15) is 37.8 Å². The molecule has 1 aromatic carbocycles. The van der Waals surface area contributed by atoms with E-state index >= 15 is 0 Å². The molecule has 0 aromatic heterocycles. The van der Waals surface area contributed by atoms with Gasteiger partial charge in [0.05, 0.1) is 4.92 Å². The molecule has 16 heavy (non-hydrogen) atoms. The zero-order chi connectivity index (χ0) is 12.3.